The molecule has 0 aliphatic rings. The zero-order chi connectivity index (χ0) is 12.5. The van der Waals surface area contributed by atoms with Crippen LogP contribution in [0.4, 0.5) is 5.69 Å². The lowest BCUT2D eigenvalue weighted by molar-refractivity contribution is 0.787. The second-order valence-corrected chi connectivity index (χ2v) is 3.99. The number of fused-ring (bicyclic) bond motifs is 1. The number of hydrogen-bond donors (Lipinski definition) is 1. The number of aromatic nitrogens is 4. The van der Waals surface area contributed by atoms with Crippen molar-refractivity contribution in [2.75, 3.05) is 5.73 Å². The highest BCUT2D eigenvalue weighted by molar-refractivity contribution is 5.80. The van der Waals surface area contributed by atoms with E-state index in [0.29, 0.717) is 5.69 Å². The van der Waals surface area contributed by atoms with Crippen LogP contribution in [-0.4, -0.2) is 19.5 Å². The third-order valence-corrected chi connectivity index (χ3v) is 2.91. The molecule has 0 aliphatic carbocycles. The molecule has 18 heavy (non-hydrogen) atoms. The second kappa shape index (κ2) is 4.10. The van der Waals surface area contributed by atoms with Gasteiger partial charge in [-0.25, -0.2) is 9.97 Å². The molecule has 0 aromatic carbocycles. The van der Waals surface area contributed by atoms with Crippen LogP contribution in [0.2, 0.25) is 0 Å². The highest BCUT2D eigenvalue weighted by atomic mass is 15.1. The van der Waals surface area contributed by atoms with Crippen LogP contribution in [0.1, 0.15) is 6.92 Å². The minimum Gasteiger partial charge on any atom is -0.397 e. The number of imidazole rings is 1. The summed E-state index contributed by atoms with van der Waals surface area (Å²) in [5, 5.41) is 0. The molecular formula is C13H13N5. The summed E-state index contributed by atoms with van der Waals surface area (Å²) >= 11 is 0. The zero-order valence-corrected chi connectivity index (χ0v) is 10.0. The van der Waals surface area contributed by atoms with Crippen LogP contribution < -0.4 is 5.73 Å². The predicted molar refractivity (Wildman–Crippen MR) is 70.8 cm³/mol. The van der Waals surface area contributed by atoms with Crippen molar-refractivity contribution in [2.24, 2.45) is 0 Å². The SMILES string of the molecule is CCn1c(-c2ccncc2N)nc2cccnc21. The summed E-state index contributed by atoms with van der Waals surface area (Å²) in [6, 6.07) is 5.72. The van der Waals surface area contributed by atoms with Crippen LogP contribution >= 0.6 is 0 Å². The van der Waals surface area contributed by atoms with E-state index < -0.39 is 0 Å². The molecule has 90 valence electrons. The Morgan fingerprint density at radius 3 is 2.94 bits per heavy atom. The molecule has 0 bridgehead atoms. The maximum atomic E-state index is 5.96. The lowest BCUT2D eigenvalue weighted by Crippen LogP contribution is -2.01. The van der Waals surface area contributed by atoms with E-state index in [1.807, 2.05) is 18.2 Å². The van der Waals surface area contributed by atoms with Gasteiger partial charge in [0.1, 0.15) is 11.3 Å². The quantitative estimate of drug-likeness (QED) is 0.743. The molecule has 3 rings (SSSR count). The monoisotopic (exact) mass is 239 g/mol. The van der Waals surface area contributed by atoms with Gasteiger partial charge in [-0.15, -0.1) is 0 Å². The standard InChI is InChI=1S/C13H13N5/c1-2-18-12(9-5-7-15-8-10(9)14)17-11-4-3-6-16-13(11)18/h3-8H,2,14H2,1H3. The van der Waals surface area contributed by atoms with Gasteiger partial charge >= 0.3 is 0 Å². The van der Waals surface area contributed by atoms with Gasteiger partial charge in [-0.2, -0.15) is 0 Å². The molecule has 2 N–H and O–H groups in total. The normalized spacial score (nSPS) is 10.9. The summed E-state index contributed by atoms with van der Waals surface area (Å²) in [6.45, 7) is 2.86. The number of anilines is 1. The molecular weight excluding hydrogens is 226 g/mol. The lowest BCUT2D eigenvalue weighted by atomic mass is 10.2. The maximum Gasteiger partial charge on any atom is 0.160 e. The van der Waals surface area contributed by atoms with Crippen molar-refractivity contribution >= 4 is 16.9 Å². The van der Waals surface area contributed by atoms with Crippen LogP contribution in [0.25, 0.3) is 22.6 Å². The van der Waals surface area contributed by atoms with Gasteiger partial charge < -0.3 is 10.3 Å². The number of pyridine rings is 2. The fraction of sp³-hybridized carbons (Fsp3) is 0.154. The van der Waals surface area contributed by atoms with Crippen molar-refractivity contribution in [3.8, 4) is 11.4 Å². The summed E-state index contributed by atoms with van der Waals surface area (Å²) in [5.41, 5.74) is 9.24. The van der Waals surface area contributed by atoms with E-state index in [1.165, 1.54) is 0 Å². The third-order valence-electron chi connectivity index (χ3n) is 2.91. The Bertz CT molecular complexity index is 701. The van der Waals surface area contributed by atoms with E-state index >= 15 is 0 Å². The Balaban J connectivity index is 2.32. The van der Waals surface area contributed by atoms with Gasteiger partial charge in [0.05, 0.1) is 11.9 Å². The molecule has 3 aromatic heterocycles. The van der Waals surface area contributed by atoms with Crippen molar-refractivity contribution in [3.05, 3.63) is 36.8 Å². The maximum absolute atomic E-state index is 5.96. The number of aryl methyl sites for hydroxylation is 1. The van der Waals surface area contributed by atoms with Gasteiger partial charge in [-0.3, -0.25) is 4.98 Å². The molecule has 0 radical (unpaired) electrons. The average Bonchev–Trinajstić information content (AvgIpc) is 2.77. The minimum atomic E-state index is 0.627. The first kappa shape index (κ1) is 10.7. The fourth-order valence-corrected chi connectivity index (χ4v) is 2.07. The topological polar surface area (TPSA) is 69.6 Å². The van der Waals surface area contributed by atoms with Crippen LogP contribution in [0.3, 0.4) is 0 Å². The van der Waals surface area contributed by atoms with Crippen molar-refractivity contribution in [2.45, 2.75) is 13.5 Å². The second-order valence-electron chi connectivity index (χ2n) is 3.99. The number of nitrogens with two attached hydrogens (primary N) is 1. The Kier molecular flexibility index (Phi) is 2.44. The number of hydrogen-bond acceptors (Lipinski definition) is 4. The summed E-state index contributed by atoms with van der Waals surface area (Å²) in [5.74, 6) is 0.839. The molecule has 3 heterocycles. The van der Waals surface area contributed by atoms with Crippen molar-refractivity contribution in [3.63, 3.8) is 0 Å². The molecule has 0 spiro atoms. The van der Waals surface area contributed by atoms with Crippen LogP contribution in [0.5, 0.6) is 0 Å². The van der Waals surface area contributed by atoms with E-state index in [9.17, 15) is 0 Å². The smallest absolute Gasteiger partial charge is 0.160 e. The zero-order valence-electron chi connectivity index (χ0n) is 10.0. The van der Waals surface area contributed by atoms with Crippen LogP contribution in [0, 0.1) is 0 Å². The number of nitrogen functional groups attached to an aromatic ring is 1. The first-order valence-corrected chi connectivity index (χ1v) is 5.82. The Hall–Kier alpha value is -2.43. The van der Waals surface area contributed by atoms with E-state index in [2.05, 4.69) is 26.4 Å². The minimum absolute atomic E-state index is 0.627. The Labute approximate surface area is 104 Å². The first-order chi connectivity index (χ1) is 8.81. The van der Waals surface area contributed by atoms with Gasteiger partial charge in [0, 0.05) is 24.5 Å². The molecule has 3 aromatic rings. The van der Waals surface area contributed by atoms with Gasteiger partial charge in [0.15, 0.2) is 5.65 Å². The van der Waals surface area contributed by atoms with Crippen molar-refractivity contribution in [1.29, 1.82) is 0 Å². The van der Waals surface area contributed by atoms with Gasteiger partial charge in [0.2, 0.25) is 0 Å². The van der Waals surface area contributed by atoms with Crippen molar-refractivity contribution in [1.82, 2.24) is 19.5 Å². The summed E-state index contributed by atoms with van der Waals surface area (Å²) in [7, 11) is 0. The Morgan fingerprint density at radius 1 is 1.28 bits per heavy atom. The molecule has 0 amide bonds. The van der Waals surface area contributed by atoms with E-state index in [-0.39, 0.29) is 0 Å². The first-order valence-electron chi connectivity index (χ1n) is 5.82. The molecule has 0 saturated heterocycles. The predicted octanol–water partition coefficient (Wildman–Crippen LogP) is 2.10. The van der Waals surface area contributed by atoms with E-state index in [1.54, 1.807) is 18.6 Å². The summed E-state index contributed by atoms with van der Waals surface area (Å²) in [4.78, 5) is 13.0. The number of rotatable bonds is 2. The van der Waals surface area contributed by atoms with Crippen molar-refractivity contribution < 1.29 is 0 Å². The van der Waals surface area contributed by atoms with E-state index in [4.69, 9.17) is 5.73 Å². The van der Waals surface area contributed by atoms with Gasteiger partial charge in [-0.1, -0.05) is 0 Å². The Morgan fingerprint density at radius 2 is 2.17 bits per heavy atom. The highest BCUT2D eigenvalue weighted by Crippen LogP contribution is 2.27. The molecule has 5 nitrogen and oxygen atoms in total. The average molecular weight is 239 g/mol. The van der Waals surface area contributed by atoms with E-state index in [0.717, 1.165) is 29.1 Å². The molecule has 0 saturated carbocycles. The molecule has 0 unspecified atom stereocenters. The third kappa shape index (κ3) is 1.52. The number of nitrogens with zero attached hydrogens (tertiary/aromatic N) is 4. The molecule has 0 fully saturated rings. The van der Waals surface area contributed by atoms with Gasteiger partial charge in [-0.05, 0) is 25.1 Å². The van der Waals surface area contributed by atoms with Gasteiger partial charge in [0.25, 0.3) is 0 Å². The fourth-order valence-electron chi connectivity index (χ4n) is 2.07. The molecule has 5 heteroatoms. The van der Waals surface area contributed by atoms with Crippen LogP contribution in [-0.2, 0) is 6.54 Å². The molecule has 0 atom stereocenters. The van der Waals surface area contributed by atoms with Crippen LogP contribution in [0.15, 0.2) is 36.8 Å². The summed E-state index contributed by atoms with van der Waals surface area (Å²) < 4.78 is 2.06. The largest absolute Gasteiger partial charge is 0.397 e. The summed E-state index contributed by atoms with van der Waals surface area (Å²) in [6.07, 6.45) is 5.14. The molecule has 0 aliphatic heterocycles. The highest BCUT2D eigenvalue weighted by Gasteiger charge is 2.13. The lowest BCUT2D eigenvalue weighted by Gasteiger charge is -2.07.